The normalized spacial score (nSPS) is 15.5. The molecular formula is C14H16N2S. The largest absolute Gasteiger partial charge is 0.264 e. The predicted octanol–water partition coefficient (Wildman–Crippen LogP) is 4.21. The van der Waals surface area contributed by atoms with E-state index < -0.39 is 0 Å². The van der Waals surface area contributed by atoms with Gasteiger partial charge in [0.05, 0.1) is 5.69 Å². The van der Waals surface area contributed by atoms with Gasteiger partial charge in [0.2, 0.25) is 0 Å². The van der Waals surface area contributed by atoms with E-state index in [1.54, 1.807) is 0 Å². The highest BCUT2D eigenvalue weighted by Gasteiger charge is 2.30. The maximum absolute atomic E-state index is 4.84. The average Bonchev–Trinajstić information content (AvgIpc) is 3.09. The van der Waals surface area contributed by atoms with Crippen LogP contribution in [0.2, 0.25) is 0 Å². The Morgan fingerprint density at radius 1 is 1.35 bits per heavy atom. The van der Waals surface area contributed by atoms with Crippen LogP contribution in [0.1, 0.15) is 49.1 Å². The second-order valence-electron chi connectivity index (χ2n) is 4.94. The number of thiazole rings is 1. The molecule has 88 valence electrons. The van der Waals surface area contributed by atoms with Crippen LogP contribution in [-0.2, 0) is 0 Å². The van der Waals surface area contributed by atoms with E-state index in [0.29, 0.717) is 5.92 Å². The van der Waals surface area contributed by atoms with E-state index in [2.05, 4.69) is 24.9 Å². The van der Waals surface area contributed by atoms with Gasteiger partial charge in [0.25, 0.3) is 0 Å². The molecule has 1 saturated carbocycles. The van der Waals surface area contributed by atoms with Crippen molar-refractivity contribution in [1.82, 2.24) is 9.97 Å². The van der Waals surface area contributed by atoms with Gasteiger partial charge in [-0.2, -0.15) is 0 Å². The molecular weight excluding hydrogens is 228 g/mol. The van der Waals surface area contributed by atoms with Crippen molar-refractivity contribution in [3.8, 4) is 10.6 Å². The molecule has 0 aliphatic heterocycles. The first kappa shape index (κ1) is 10.9. The van der Waals surface area contributed by atoms with E-state index in [9.17, 15) is 0 Å². The Balaban J connectivity index is 2.04. The maximum Gasteiger partial charge on any atom is 0.125 e. The topological polar surface area (TPSA) is 25.8 Å². The fourth-order valence-electron chi connectivity index (χ4n) is 2.02. The van der Waals surface area contributed by atoms with E-state index >= 15 is 0 Å². The SMILES string of the molecule is CC(C)c1sc(-c2cccnc2)nc1C1CC1. The first-order chi connectivity index (χ1) is 8.25. The van der Waals surface area contributed by atoms with Crippen molar-refractivity contribution in [2.45, 2.75) is 38.5 Å². The fraction of sp³-hybridized carbons (Fsp3) is 0.429. The van der Waals surface area contributed by atoms with Crippen LogP contribution in [-0.4, -0.2) is 9.97 Å². The first-order valence-electron chi connectivity index (χ1n) is 6.16. The van der Waals surface area contributed by atoms with Crippen LogP contribution < -0.4 is 0 Å². The monoisotopic (exact) mass is 244 g/mol. The summed E-state index contributed by atoms with van der Waals surface area (Å²) < 4.78 is 0. The minimum Gasteiger partial charge on any atom is -0.264 e. The first-order valence-corrected chi connectivity index (χ1v) is 6.98. The number of nitrogens with zero attached hydrogens (tertiary/aromatic N) is 2. The molecule has 17 heavy (non-hydrogen) atoms. The minimum atomic E-state index is 0.577. The molecule has 3 heteroatoms. The van der Waals surface area contributed by atoms with Crippen LogP contribution in [0.15, 0.2) is 24.5 Å². The predicted molar refractivity (Wildman–Crippen MR) is 71.4 cm³/mol. The van der Waals surface area contributed by atoms with Gasteiger partial charge in [-0.05, 0) is 30.9 Å². The lowest BCUT2D eigenvalue weighted by atomic mass is 10.1. The van der Waals surface area contributed by atoms with Crippen molar-refractivity contribution in [3.63, 3.8) is 0 Å². The molecule has 0 atom stereocenters. The molecule has 0 saturated heterocycles. The van der Waals surface area contributed by atoms with Crippen LogP contribution in [0, 0.1) is 0 Å². The summed E-state index contributed by atoms with van der Waals surface area (Å²) in [4.78, 5) is 10.5. The quantitative estimate of drug-likeness (QED) is 0.808. The summed E-state index contributed by atoms with van der Waals surface area (Å²) in [5.74, 6) is 1.31. The van der Waals surface area contributed by atoms with Crippen molar-refractivity contribution in [2.24, 2.45) is 0 Å². The maximum atomic E-state index is 4.84. The summed E-state index contributed by atoms with van der Waals surface area (Å²) >= 11 is 1.84. The molecule has 2 nitrogen and oxygen atoms in total. The molecule has 0 aromatic carbocycles. The molecule has 1 aliphatic carbocycles. The zero-order valence-corrected chi connectivity index (χ0v) is 11.0. The lowest BCUT2D eigenvalue weighted by Gasteiger charge is -2.02. The van der Waals surface area contributed by atoms with Crippen molar-refractivity contribution in [3.05, 3.63) is 35.1 Å². The lowest BCUT2D eigenvalue weighted by molar-refractivity contribution is 0.853. The molecule has 0 unspecified atom stereocenters. The third kappa shape index (κ3) is 2.12. The molecule has 2 aromatic heterocycles. The number of pyridine rings is 1. The molecule has 1 aliphatic rings. The molecule has 0 N–H and O–H groups in total. The van der Waals surface area contributed by atoms with E-state index in [1.807, 2.05) is 29.8 Å². The Hall–Kier alpha value is -1.22. The Morgan fingerprint density at radius 2 is 2.18 bits per heavy atom. The van der Waals surface area contributed by atoms with Gasteiger partial charge in [0, 0.05) is 28.8 Å². The van der Waals surface area contributed by atoms with Crippen LogP contribution in [0.4, 0.5) is 0 Å². The minimum absolute atomic E-state index is 0.577. The molecule has 3 rings (SSSR count). The molecule has 0 spiro atoms. The Morgan fingerprint density at radius 3 is 2.76 bits per heavy atom. The van der Waals surface area contributed by atoms with Crippen molar-refractivity contribution >= 4 is 11.3 Å². The van der Waals surface area contributed by atoms with Crippen LogP contribution in [0.3, 0.4) is 0 Å². The standard InChI is InChI=1S/C14H16N2S/c1-9(2)13-12(10-5-6-10)16-14(17-13)11-4-3-7-15-8-11/h3-4,7-10H,5-6H2,1-2H3. The molecule has 0 amide bonds. The van der Waals surface area contributed by atoms with Gasteiger partial charge in [-0.3, -0.25) is 4.98 Å². The van der Waals surface area contributed by atoms with Gasteiger partial charge < -0.3 is 0 Å². The summed E-state index contributed by atoms with van der Waals surface area (Å²) in [6.07, 6.45) is 6.34. The summed E-state index contributed by atoms with van der Waals surface area (Å²) in [6.45, 7) is 4.51. The van der Waals surface area contributed by atoms with E-state index in [4.69, 9.17) is 4.98 Å². The number of rotatable bonds is 3. The van der Waals surface area contributed by atoms with Gasteiger partial charge in [-0.25, -0.2) is 4.98 Å². The summed E-state index contributed by atoms with van der Waals surface area (Å²) in [7, 11) is 0. The highest BCUT2D eigenvalue weighted by atomic mass is 32.1. The molecule has 2 heterocycles. The second kappa shape index (κ2) is 4.22. The highest BCUT2D eigenvalue weighted by molar-refractivity contribution is 7.15. The fourth-order valence-corrected chi connectivity index (χ4v) is 3.16. The average molecular weight is 244 g/mol. The highest BCUT2D eigenvalue weighted by Crippen LogP contribution is 2.46. The summed E-state index contributed by atoms with van der Waals surface area (Å²) in [5.41, 5.74) is 2.50. The van der Waals surface area contributed by atoms with Crippen molar-refractivity contribution in [1.29, 1.82) is 0 Å². The third-order valence-electron chi connectivity index (χ3n) is 3.08. The molecule has 0 bridgehead atoms. The summed E-state index contributed by atoms with van der Waals surface area (Å²) in [5, 5.41) is 1.13. The lowest BCUT2D eigenvalue weighted by Crippen LogP contribution is -1.90. The van der Waals surface area contributed by atoms with E-state index in [-0.39, 0.29) is 0 Å². The van der Waals surface area contributed by atoms with E-state index in [1.165, 1.54) is 23.4 Å². The third-order valence-corrected chi connectivity index (χ3v) is 4.50. The molecule has 2 aromatic rings. The number of hydrogen-bond acceptors (Lipinski definition) is 3. The van der Waals surface area contributed by atoms with Gasteiger partial charge >= 0.3 is 0 Å². The van der Waals surface area contributed by atoms with Crippen LogP contribution in [0.25, 0.3) is 10.6 Å². The van der Waals surface area contributed by atoms with Gasteiger partial charge in [0.15, 0.2) is 0 Å². The summed E-state index contributed by atoms with van der Waals surface area (Å²) in [6, 6.07) is 4.06. The smallest absolute Gasteiger partial charge is 0.125 e. The second-order valence-corrected chi connectivity index (χ2v) is 5.97. The van der Waals surface area contributed by atoms with Crippen LogP contribution in [0.5, 0.6) is 0 Å². The van der Waals surface area contributed by atoms with E-state index in [0.717, 1.165) is 16.5 Å². The number of aromatic nitrogens is 2. The Kier molecular flexibility index (Phi) is 2.71. The zero-order chi connectivity index (χ0) is 11.8. The van der Waals surface area contributed by atoms with Crippen LogP contribution >= 0.6 is 11.3 Å². The zero-order valence-electron chi connectivity index (χ0n) is 10.2. The van der Waals surface area contributed by atoms with Crippen molar-refractivity contribution in [2.75, 3.05) is 0 Å². The molecule has 1 fully saturated rings. The van der Waals surface area contributed by atoms with Gasteiger partial charge in [0.1, 0.15) is 5.01 Å². The number of hydrogen-bond donors (Lipinski definition) is 0. The van der Waals surface area contributed by atoms with Gasteiger partial charge in [-0.15, -0.1) is 11.3 Å². The Labute approximate surface area is 106 Å². The van der Waals surface area contributed by atoms with Gasteiger partial charge in [-0.1, -0.05) is 13.8 Å². The molecule has 0 radical (unpaired) electrons. The van der Waals surface area contributed by atoms with Crippen molar-refractivity contribution < 1.29 is 0 Å². The Bertz CT molecular complexity index is 493.